The number of benzene rings is 2. The molecule has 2 heterocycles. The second-order valence-electron chi connectivity index (χ2n) is 12.2. The zero-order valence-corrected chi connectivity index (χ0v) is 26.3. The van der Waals surface area contributed by atoms with Gasteiger partial charge in [0.1, 0.15) is 11.2 Å². The normalized spacial score (nSPS) is 11.2. The Bertz CT molecular complexity index is 1690. The molecule has 0 amide bonds. The summed E-state index contributed by atoms with van der Waals surface area (Å²) >= 11 is 0. The van der Waals surface area contributed by atoms with Gasteiger partial charge in [-0.2, -0.15) is 0 Å². The molecule has 0 spiro atoms. The molecule has 0 unspecified atom stereocenters. The summed E-state index contributed by atoms with van der Waals surface area (Å²) in [6.45, 7) is 14.5. The van der Waals surface area contributed by atoms with Crippen LogP contribution in [-0.4, -0.2) is 38.0 Å². The first kappa shape index (κ1) is 33.4. The number of nitrogens with two attached hydrogens (primary N) is 1. The van der Waals surface area contributed by atoms with Crippen LogP contribution in [0.4, 0.5) is 11.4 Å². The topological polar surface area (TPSA) is 148 Å². The van der Waals surface area contributed by atoms with Gasteiger partial charge in [0, 0.05) is 41.6 Å². The lowest BCUT2D eigenvalue weighted by Crippen LogP contribution is -2.24. The molecule has 10 heteroatoms. The highest BCUT2D eigenvalue weighted by atomic mass is 16.6. The summed E-state index contributed by atoms with van der Waals surface area (Å²) in [7, 11) is 0. The van der Waals surface area contributed by atoms with E-state index < -0.39 is 22.1 Å². The van der Waals surface area contributed by atoms with Gasteiger partial charge in [-0.3, -0.25) is 20.1 Å². The van der Waals surface area contributed by atoms with E-state index in [9.17, 15) is 19.7 Å². The Morgan fingerprint density at radius 3 is 1.52 bits per heavy atom. The van der Waals surface area contributed by atoms with Gasteiger partial charge in [-0.25, -0.2) is 9.59 Å². The molecule has 0 bridgehead atoms. The van der Waals surface area contributed by atoms with E-state index in [2.05, 4.69) is 9.97 Å². The van der Waals surface area contributed by atoms with Gasteiger partial charge in [-0.15, -0.1) is 0 Å². The van der Waals surface area contributed by atoms with E-state index in [4.69, 9.17) is 15.2 Å². The number of ether oxygens (including phenoxy) is 2. The zero-order chi connectivity index (χ0) is 32.8. The molecule has 0 saturated heterocycles. The number of hydrogen-bond acceptors (Lipinski definition) is 9. The van der Waals surface area contributed by atoms with Crippen molar-refractivity contribution in [2.24, 2.45) is 0 Å². The third-order valence-electron chi connectivity index (χ3n) is 5.81. The van der Waals surface area contributed by atoms with Gasteiger partial charge < -0.3 is 15.2 Å². The first-order valence-corrected chi connectivity index (χ1v) is 13.9. The van der Waals surface area contributed by atoms with Gasteiger partial charge in [-0.1, -0.05) is 0 Å². The number of hydrogen-bond donors (Lipinski definition) is 1. The zero-order valence-electron chi connectivity index (χ0n) is 26.3. The standard InChI is InChI=1S/C17H18N2O4.C17H20N2O2/c1-11-7-12(5-6-18-11)13-8-14(10-15(9-13)19(21)22)16(20)23-17(2,3)4;1-11-7-12(5-6-19-11)13-8-14(10-15(18)9-13)16(20)21-17(2,3)4/h5-10H,1-4H3;5-10H,18H2,1-4H3. The van der Waals surface area contributed by atoms with Crippen LogP contribution in [0.5, 0.6) is 0 Å². The maximum absolute atomic E-state index is 12.2. The van der Waals surface area contributed by atoms with E-state index in [1.165, 1.54) is 12.1 Å². The molecule has 4 aromatic rings. The summed E-state index contributed by atoms with van der Waals surface area (Å²) in [4.78, 5) is 43.3. The summed E-state index contributed by atoms with van der Waals surface area (Å²) in [5, 5.41) is 11.2. The minimum Gasteiger partial charge on any atom is -0.456 e. The first-order valence-electron chi connectivity index (χ1n) is 13.9. The Balaban J connectivity index is 0.000000241. The van der Waals surface area contributed by atoms with Crippen molar-refractivity contribution in [2.45, 2.75) is 66.6 Å². The van der Waals surface area contributed by atoms with Crippen molar-refractivity contribution < 1.29 is 24.0 Å². The third-order valence-corrected chi connectivity index (χ3v) is 5.81. The van der Waals surface area contributed by atoms with Crippen molar-refractivity contribution in [2.75, 3.05) is 5.73 Å². The second kappa shape index (κ2) is 13.5. The summed E-state index contributed by atoms with van der Waals surface area (Å²) in [5.74, 6) is -0.963. The van der Waals surface area contributed by atoms with Crippen LogP contribution in [-0.2, 0) is 9.47 Å². The smallest absolute Gasteiger partial charge is 0.338 e. The van der Waals surface area contributed by atoms with Crippen LogP contribution in [0.25, 0.3) is 22.3 Å². The van der Waals surface area contributed by atoms with Crippen molar-refractivity contribution in [3.63, 3.8) is 0 Å². The number of carbonyl (C=O) groups excluding carboxylic acids is 2. The summed E-state index contributed by atoms with van der Waals surface area (Å²) < 4.78 is 10.7. The summed E-state index contributed by atoms with van der Waals surface area (Å²) in [5.41, 5.74) is 10.6. The number of nitrogen functional groups attached to an aromatic ring is 1. The minimum absolute atomic E-state index is 0.151. The number of rotatable bonds is 5. The Hall–Kier alpha value is -5.12. The molecule has 2 aromatic carbocycles. The third kappa shape index (κ3) is 10.0. The maximum Gasteiger partial charge on any atom is 0.338 e. The molecule has 10 nitrogen and oxygen atoms in total. The van der Waals surface area contributed by atoms with E-state index in [1.807, 2.05) is 52.8 Å². The molecular formula is C34H38N4O6. The fourth-order valence-corrected chi connectivity index (χ4v) is 4.06. The summed E-state index contributed by atoms with van der Waals surface area (Å²) in [6, 6.07) is 16.9. The Morgan fingerprint density at radius 1 is 0.682 bits per heavy atom. The quantitative estimate of drug-likeness (QED) is 0.107. The Labute approximate surface area is 257 Å². The van der Waals surface area contributed by atoms with Crippen LogP contribution in [0.3, 0.4) is 0 Å². The monoisotopic (exact) mass is 598 g/mol. The molecular weight excluding hydrogens is 560 g/mol. The molecule has 0 radical (unpaired) electrons. The van der Waals surface area contributed by atoms with Gasteiger partial charge in [0.15, 0.2) is 0 Å². The SMILES string of the molecule is Cc1cc(-c2cc(C(=O)OC(C)(C)C)cc([N+](=O)[O-])c2)ccn1.Cc1cc(-c2cc(N)cc(C(=O)OC(C)(C)C)c2)ccn1. The van der Waals surface area contributed by atoms with E-state index in [0.717, 1.165) is 28.1 Å². The average molecular weight is 599 g/mol. The molecule has 4 rings (SSSR count). The van der Waals surface area contributed by atoms with Crippen LogP contribution in [0.15, 0.2) is 73.1 Å². The lowest BCUT2D eigenvalue weighted by molar-refractivity contribution is -0.384. The Morgan fingerprint density at radius 2 is 1.11 bits per heavy atom. The lowest BCUT2D eigenvalue weighted by Gasteiger charge is -2.20. The van der Waals surface area contributed by atoms with E-state index in [0.29, 0.717) is 16.8 Å². The first-order chi connectivity index (χ1) is 20.4. The van der Waals surface area contributed by atoms with Crippen molar-refractivity contribution >= 4 is 23.3 Å². The molecule has 230 valence electrons. The highest BCUT2D eigenvalue weighted by Gasteiger charge is 2.22. The van der Waals surface area contributed by atoms with Gasteiger partial charge in [-0.05, 0) is 126 Å². The van der Waals surface area contributed by atoms with Crippen LogP contribution in [0.1, 0.15) is 73.6 Å². The van der Waals surface area contributed by atoms with Crippen LogP contribution in [0, 0.1) is 24.0 Å². The number of pyridine rings is 2. The number of non-ortho nitro benzene ring substituents is 1. The molecule has 0 atom stereocenters. The number of esters is 2. The van der Waals surface area contributed by atoms with E-state index in [1.54, 1.807) is 63.5 Å². The lowest BCUT2D eigenvalue weighted by atomic mass is 10.0. The predicted molar refractivity (Wildman–Crippen MR) is 170 cm³/mol. The van der Waals surface area contributed by atoms with Crippen molar-refractivity contribution in [3.05, 3.63) is 106 Å². The highest BCUT2D eigenvalue weighted by molar-refractivity contribution is 5.93. The summed E-state index contributed by atoms with van der Waals surface area (Å²) in [6.07, 6.45) is 3.36. The average Bonchev–Trinajstić information content (AvgIpc) is 2.91. The molecule has 0 aliphatic carbocycles. The number of carbonyl (C=O) groups is 2. The number of aromatic nitrogens is 2. The molecule has 2 N–H and O–H groups in total. The minimum atomic E-state index is -0.672. The molecule has 44 heavy (non-hydrogen) atoms. The number of nitro benzene ring substituents is 1. The van der Waals surface area contributed by atoms with Crippen molar-refractivity contribution in [1.82, 2.24) is 9.97 Å². The second-order valence-corrected chi connectivity index (χ2v) is 12.2. The maximum atomic E-state index is 12.2. The fourth-order valence-electron chi connectivity index (χ4n) is 4.06. The number of nitrogens with zero attached hydrogens (tertiary/aromatic N) is 3. The van der Waals surface area contributed by atoms with Gasteiger partial charge in [0.25, 0.3) is 5.69 Å². The molecule has 0 fully saturated rings. The van der Waals surface area contributed by atoms with Crippen molar-refractivity contribution in [3.8, 4) is 22.3 Å². The number of aryl methyl sites for hydroxylation is 2. The largest absolute Gasteiger partial charge is 0.456 e. The molecule has 0 aliphatic rings. The fraction of sp³-hybridized carbons (Fsp3) is 0.294. The highest BCUT2D eigenvalue weighted by Crippen LogP contribution is 2.28. The number of nitro groups is 1. The molecule has 2 aromatic heterocycles. The van der Waals surface area contributed by atoms with Gasteiger partial charge >= 0.3 is 11.9 Å². The van der Waals surface area contributed by atoms with Crippen LogP contribution in [0.2, 0.25) is 0 Å². The van der Waals surface area contributed by atoms with Gasteiger partial charge in [0.05, 0.1) is 16.1 Å². The van der Waals surface area contributed by atoms with E-state index in [-0.39, 0.29) is 17.2 Å². The molecule has 0 saturated carbocycles. The van der Waals surface area contributed by atoms with Crippen LogP contribution < -0.4 is 5.73 Å². The van der Waals surface area contributed by atoms with Crippen LogP contribution >= 0.6 is 0 Å². The number of anilines is 1. The molecule has 0 aliphatic heterocycles. The van der Waals surface area contributed by atoms with E-state index >= 15 is 0 Å². The van der Waals surface area contributed by atoms with Gasteiger partial charge in [0.2, 0.25) is 0 Å². The van der Waals surface area contributed by atoms with Crippen molar-refractivity contribution in [1.29, 1.82) is 0 Å². The Kier molecular flexibility index (Phi) is 10.2. The predicted octanol–water partition coefficient (Wildman–Crippen LogP) is 7.52.